The lowest BCUT2D eigenvalue weighted by Gasteiger charge is -2.20. The number of pyridine rings is 1. The summed E-state index contributed by atoms with van der Waals surface area (Å²) in [6.45, 7) is 3.46. The first kappa shape index (κ1) is 14.0. The predicted octanol–water partition coefficient (Wildman–Crippen LogP) is 1.29. The number of anilines is 2. The number of carbonyl (C=O) groups excluding carboxylic acids is 1. The Bertz CT molecular complexity index is 584. The van der Waals surface area contributed by atoms with Gasteiger partial charge in [-0.1, -0.05) is 0 Å². The number of hydrogen-bond donors (Lipinski definition) is 2. The largest absolute Gasteiger partial charge is 0.481 e. The van der Waals surface area contributed by atoms with Gasteiger partial charge in [-0.3, -0.25) is 4.79 Å². The molecule has 0 bridgehead atoms. The monoisotopic (exact) mass is 290 g/mol. The van der Waals surface area contributed by atoms with Gasteiger partial charge >= 0.3 is 0 Å². The van der Waals surface area contributed by atoms with Crippen molar-refractivity contribution in [1.29, 1.82) is 0 Å². The van der Waals surface area contributed by atoms with Crippen LogP contribution in [0.1, 0.15) is 36.3 Å². The number of likely N-dealkylation sites (tertiary alicyclic amines) is 1. The molecule has 1 aliphatic carbocycles. The zero-order chi connectivity index (χ0) is 15.1. The van der Waals surface area contributed by atoms with Crippen molar-refractivity contribution in [2.45, 2.75) is 32.1 Å². The first-order valence-corrected chi connectivity index (χ1v) is 7.41. The van der Waals surface area contributed by atoms with Gasteiger partial charge in [0.2, 0.25) is 11.8 Å². The zero-order valence-corrected chi connectivity index (χ0v) is 12.6. The van der Waals surface area contributed by atoms with Crippen molar-refractivity contribution in [2.75, 3.05) is 31.7 Å². The van der Waals surface area contributed by atoms with E-state index in [4.69, 9.17) is 16.2 Å². The number of carbonyl (C=O) groups is 1. The Labute approximate surface area is 124 Å². The summed E-state index contributed by atoms with van der Waals surface area (Å²) < 4.78 is 5.38. The number of rotatable bonds is 3. The van der Waals surface area contributed by atoms with E-state index in [-0.39, 0.29) is 11.8 Å². The molecule has 6 heteroatoms. The van der Waals surface area contributed by atoms with E-state index >= 15 is 0 Å². The number of nitrogen functional groups attached to an aromatic ring is 2. The molecule has 21 heavy (non-hydrogen) atoms. The Morgan fingerprint density at radius 2 is 2.05 bits per heavy atom. The van der Waals surface area contributed by atoms with Crippen molar-refractivity contribution in [3.63, 3.8) is 0 Å². The van der Waals surface area contributed by atoms with E-state index in [0.29, 0.717) is 23.3 Å². The molecule has 3 rings (SSSR count). The van der Waals surface area contributed by atoms with Crippen LogP contribution in [-0.2, 0) is 4.79 Å². The minimum atomic E-state index is 0.220. The average Bonchev–Trinajstić information content (AvgIpc) is 3.22. The van der Waals surface area contributed by atoms with Crippen LogP contribution in [0.4, 0.5) is 11.5 Å². The van der Waals surface area contributed by atoms with E-state index < -0.39 is 0 Å². The number of nitrogens with zero attached hydrogens (tertiary/aromatic N) is 2. The highest BCUT2D eigenvalue weighted by Gasteiger charge is 2.38. The van der Waals surface area contributed by atoms with Crippen molar-refractivity contribution < 1.29 is 9.53 Å². The van der Waals surface area contributed by atoms with Crippen molar-refractivity contribution in [3.05, 3.63) is 11.1 Å². The summed E-state index contributed by atoms with van der Waals surface area (Å²) in [4.78, 5) is 18.4. The van der Waals surface area contributed by atoms with Gasteiger partial charge < -0.3 is 21.1 Å². The molecule has 1 unspecified atom stereocenters. The Kier molecular flexibility index (Phi) is 3.39. The van der Waals surface area contributed by atoms with Gasteiger partial charge in [0.05, 0.1) is 12.8 Å². The molecule has 2 fully saturated rings. The molecule has 1 aliphatic heterocycles. The first-order chi connectivity index (χ1) is 10.0. The van der Waals surface area contributed by atoms with Gasteiger partial charge in [0, 0.05) is 30.5 Å². The molecule has 2 heterocycles. The molecule has 2 aliphatic rings. The smallest absolute Gasteiger partial charge is 0.225 e. The summed E-state index contributed by atoms with van der Waals surface area (Å²) in [7, 11) is 1.59. The highest BCUT2D eigenvalue weighted by Crippen LogP contribution is 2.40. The van der Waals surface area contributed by atoms with Crippen molar-refractivity contribution in [3.8, 4) is 5.88 Å². The minimum absolute atomic E-state index is 0.220. The Hall–Kier alpha value is -1.98. The van der Waals surface area contributed by atoms with Crippen LogP contribution in [0.3, 0.4) is 0 Å². The molecule has 1 atom stereocenters. The van der Waals surface area contributed by atoms with Gasteiger partial charge in [0.1, 0.15) is 0 Å². The summed E-state index contributed by atoms with van der Waals surface area (Å²) in [5.41, 5.74) is 14.2. The second-order valence-corrected chi connectivity index (χ2v) is 6.00. The summed E-state index contributed by atoms with van der Waals surface area (Å²) in [5.74, 6) is 1.62. The Morgan fingerprint density at radius 3 is 2.67 bits per heavy atom. The first-order valence-electron chi connectivity index (χ1n) is 7.41. The second-order valence-electron chi connectivity index (χ2n) is 6.00. The van der Waals surface area contributed by atoms with E-state index in [0.717, 1.165) is 43.5 Å². The Balaban J connectivity index is 1.87. The molecule has 0 spiro atoms. The summed E-state index contributed by atoms with van der Waals surface area (Å²) in [5, 5.41) is 0. The van der Waals surface area contributed by atoms with Crippen molar-refractivity contribution >= 4 is 17.4 Å². The van der Waals surface area contributed by atoms with Crippen LogP contribution in [0.15, 0.2) is 0 Å². The van der Waals surface area contributed by atoms with Crippen molar-refractivity contribution in [1.82, 2.24) is 9.88 Å². The van der Waals surface area contributed by atoms with Crippen LogP contribution in [0.5, 0.6) is 5.88 Å². The fraction of sp³-hybridized carbons (Fsp3) is 0.600. The summed E-state index contributed by atoms with van der Waals surface area (Å²) >= 11 is 0. The van der Waals surface area contributed by atoms with Gasteiger partial charge in [-0.15, -0.1) is 0 Å². The van der Waals surface area contributed by atoms with E-state index in [9.17, 15) is 4.79 Å². The van der Waals surface area contributed by atoms with E-state index in [1.807, 2.05) is 11.8 Å². The van der Waals surface area contributed by atoms with Crippen molar-refractivity contribution in [2.24, 2.45) is 5.92 Å². The number of aromatic nitrogens is 1. The SMILES string of the molecule is COc1nc(N)c(N)c(C)c1C1CCN(C(=O)C2CC2)C1. The van der Waals surface area contributed by atoms with E-state index in [1.54, 1.807) is 7.11 Å². The van der Waals surface area contributed by atoms with Gasteiger partial charge in [-0.25, -0.2) is 0 Å². The standard InChI is InChI=1S/C15H22N4O2/c1-8-11(14(21-2)18-13(17)12(8)16)10-5-6-19(7-10)15(20)9-3-4-9/h9-10H,3-7,16H2,1-2H3,(H2,17,18). The maximum atomic E-state index is 12.2. The average molecular weight is 290 g/mol. The zero-order valence-electron chi connectivity index (χ0n) is 12.6. The number of methoxy groups -OCH3 is 1. The highest BCUT2D eigenvalue weighted by molar-refractivity contribution is 5.81. The van der Waals surface area contributed by atoms with Crippen LogP contribution >= 0.6 is 0 Å². The van der Waals surface area contributed by atoms with Crippen LogP contribution in [0.25, 0.3) is 0 Å². The quantitative estimate of drug-likeness (QED) is 0.874. The third-order valence-electron chi connectivity index (χ3n) is 4.56. The molecule has 0 radical (unpaired) electrons. The molecule has 1 saturated heterocycles. The van der Waals surface area contributed by atoms with Gasteiger partial charge in [0.25, 0.3) is 0 Å². The van der Waals surface area contributed by atoms with E-state index in [1.165, 1.54) is 0 Å². The fourth-order valence-corrected chi connectivity index (χ4v) is 3.15. The number of ether oxygens (including phenoxy) is 1. The minimum Gasteiger partial charge on any atom is -0.481 e. The maximum absolute atomic E-state index is 12.2. The lowest BCUT2D eigenvalue weighted by atomic mass is 9.94. The van der Waals surface area contributed by atoms with E-state index in [2.05, 4.69) is 4.98 Å². The Morgan fingerprint density at radius 1 is 1.33 bits per heavy atom. The third kappa shape index (κ3) is 2.39. The molecule has 114 valence electrons. The molecule has 1 amide bonds. The number of nitrogens with two attached hydrogens (primary N) is 2. The maximum Gasteiger partial charge on any atom is 0.225 e. The molecule has 4 N–H and O–H groups in total. The fourth-order valence-electron chi connectivity index (χ4n) is 3.15. The molecule has 0 aromatic carbocycles. The molecule has 6 nitrogen and oxygen atoms in total. The second kappa shape index (κ2) is 5.09. The molecule has 1 aromatic heterocycles. The predicted molar refractivity (Wildman–Crippen MR) is 81.0 cm³/mol. The third-order valence-corrected chi connectivity index (χ3v) is 4.56. The molecule has 1 aromatic rings. The highest BCUT2D eigenvalue weighted by atomic mass is 16.5. The number of amides is 1. The lowest BCUT2D eigenvalue weighted by Crippen LogP contribution is -2.29. The van der Waals surface area contributed by atoms with Crippen LogP contribution in [-0.4, -0.2) is 36.0 Å². The molecule has 1 saturated carbocycles. The normalized spacial score (nSPS) is 21.6. The van der Waals surface area contributed by atoms with Gasteiger partial charge in [0.15, 0.2) is 5.82 Å². The van der Waals surface area contributed by atoms with Gasteiger partial charge in [-0.2, -0.15) is 4.98 Å². The molecular weight excluding hydrogens is 268 g/mol. The topological polar surface area (TPSA) is 94.5 Å². The molecular formula is C15H22N4O2. The summed E-state index contributed by atoms with van der Waals surface area (Å²) in [6.07, 6.45) is 3.00. The van der Waals surface area contributed by atoms with Crippen LogP contribution in [0, 0.1) is 12.8 Å². The summed E-state index contributed by atoms with van der Waals surface area (Å²) in [6, 6.07) is 0. The number of hydrogen-bond acceptors (Lipinski definition) is 5. The lowest BCUT2D eigenvalue weighted by molar-refractivity contribution is -0.131. The van der Waals surface area contributed by atoms with Gasteiger partial charge in [-0.05, 0) is 31.7 Å². The van der Waals surface area contributed by atoms with Crippen LogP contribution in [0.2, 0.25) is 0 Å². The van der Waals surface area contributed by atoms with Crippen LogP contribution < -0.4 is 16.2 Å².